The zero-order chi connectivity index (χ0) is 13.8. The monoisotopic (exact) mass is 324 g/mol. The molecule has 3 atom stereocenters. The predicted molar refractivity (Wildman–Crippen MR) is 85.1 cm³/mol. The Hall–Kier alpha value is -0.380. The molecule has 0 radical (unpaired) electrons. The lowest BCUT2D eigenvalue weighted by molar-refractivity contribution is 0.0992. The van der Waals surface area contributed by atoms with Crippen LogP contribution in [-0.4, -0.2) is 24.5 Å². The highest BCUT2D eigenvalue weighted by molar-refractivity contribution is 9.10. The van der Waals surface area contributed by atoms with Crippen LogP contribution in [0.25, 0.3) is 0 Å². The van der Waals surface area contributed by atoms with Gasteiger partial charge in [0, 0.05) is 23.1 Å². The second-order valence-corrected chi connectivity index (χ2v) is 6.71. The van der Waals surface area contributed by atoms with Crippen LogP contribution in [0.5, 0.6) is 0 Å². The molecule has 1 aromatic rings. The van der Waals surface area contributed by atoms with E-state index in [9.17, 15) is 0 Å². The third-order valence-electron chi connectivity index (χ3n) is 4.56. The molecule has 0 spiro atoms. The molecule has 0 aromatic heterocycles. The summed E-state index contributed by atoms with van der Waals surface area (Å²) in [5.74, 6) is 0.781. The molecular weight excluding hydrogens is 300 g/mol. The lowest BCUT2D eigenvalue weighted by atomic mass is 9.84. The Morgan fingerprint density at radius 1 is 1.26 bits per heavy atom. The van der Waals surface area contributed by atoms with Crippen LogP contribution in [0.4, 0.5) is 0 Å². The van der Waals surface area contributed by atoms with Crippen molar-refractivity contribution in [2.75, 3.05) is 13.6 Å². The van der Waals surface area contributed by atoms with E-state index < -0.39 is 0 Å². The molecule has 0 saturated heterocycles. The molecule has 3 heteroatoms. The van der Waals surface area contributed by atoms with Gasteiger partial charge in [-0.2, -0.15) is 0 Å². The molecule has 1 aliphatic carbocycles. The van der Waals surface area contributed by atoms with Crippen molar-refractivity contribution in [1.29, 1.82) is 0 Å². The number of benzene rings is 1. The third-order valence-corrected chi connectivity index (χ3v) is 5.09. The summed E-state index contributed by atoms with van der Waals surface area (Å²) in [6, 6.07) is 9.59. The van der Waals surface area contributed by atoms with Gasteiger partial charge in [0.1, 0.15) is 0 Å². The Morgan fingerprint density at radius 2 is 1.89 bits per heavy atom. The predicted octanol–water partition coefficient (Wildman–Crippen LogP) is 3.96. The summed E-state index contributed by atoms with van der Waals surface area (Å²) in [5, 5.41) is 0. The normalized spacial score (nSPS) is 25.5. The Kier molecular flexibility index (Phi) is 5.43. The Labute approximate surface area is 125 Å². The van der Waals surface area contributed by atoms with Crippen molar-refractivity contribution in [2.24, 2.45) is 11.7 Å². The number of halogens is 1. The molecule has 0 heterocycles. The summed E-state index contributed by atoms with van der Waals surface area (Å²) in [6.07, 6.45) is 5.41. The van der Waals surface area contributed by atoms with Crippen molar-refractivity contribution in [3.05, 3.63) is 34.3 Å². The zero-order valence-corrected chi connectivity index (χ0v) is 13.6. The number of hydrogen-bond acceptors (Lipinski definition) is 2. The summed E-state index contributed by atoms with van der Waals surface area (Å²) in [5.41, 5.74) is 7.37. The summed E-state index contributed by atoms with van der Waals surface area (Å²) in [7, 11) is 2.24. The minimum atomic E-state index is 0.332. The van der Waals surface area contributed by atoms with Crippen LogP contribution in [-0.2, 0) is 0 Å². The molecule has 1 fully saturated rings. The topological polar surface area (TPSA) is 29.3 Å². The molecule has 2 N–H and O–H groups in total. The van der Waals surface area contributed by atoms with Crippen molar-refractivity contribution in [3.63, 3.8) is 0 Å². The second-order valence-electron chi connectivity index (χ2n) is 5.80. The van der Waals surface area contributed by atoms with Crippen molar-refractivity contribution in [2.45, 2.75) is 44.7 Å². The maximum Gasteiger partial charge on any atom is 0.0470 e. The van der Waals surface area contributed by atoms with E-state index in [1.807, 2.05) is 0 Å². The molecular formula is C16H25BrN2. The fourth-order valence-corrected chi connectivity index (χ4v) is 3.62. The largest absolute Gasteiger partial charge is 0.329 e. The van der Waals surface area contributed by atoms with Gasteiger partial charge in [-0.15, -0.1) is 0 Å². The van der Waals surface area contributed by atoms with Crippen LogP contribution in [0, 0.1) is 5.92 Å². The summed E-state index contributed by atoms with van der Waals surface area (Å²) in [4.78, 5) is 2.51. The molecule has 1 aromatic carbocycles. The zero-order valence-electron chi connectivity index (χ0n) is 12.0. The summed E-state index contributed by atoms with van der Waals surface area (Å²) in [6.45, 7) is 3.07. The number of nitrogens with two attached hydrogens (primary N) is 1. The lowest BCUT2D eigenvalue weighted by Gasteiger charge is -2.40. The minimum Gasteiger partial charge on any atom is -0.329 e. The third kappa shape index (κ3) is 3.59. The van der Waals surface area contributed by atoms with Gasteiger partial charge in [-0.3, -0.25) is 4.90 Å². The van der Waals surface area contributed by atoms with Crippen molar-refractivity contribution in [3.8, 4) is 0 Å². The number of rotatable bonds is 4. The number of likely N-dealkylation sites (N-methyl/N-ethyl adjacent to an activating group) is 1. The maximum atomic E-state index is 6.04. The van der Waals surface area contributed by atoms with E-state index in [1.165, 1.54) is 31.2 Å². The summed E-state index contributed by atoms with van der Waals surface area (Å²) < 4.78 is 1.13. The van der Waals surface area contributed by atoms with Gasteiger partial charge in [-0.25, -0.2) is 0 Å². The highest BCUT2D eigenvalue weighted by Gasteiger charge is 2.29. The molecule has 0 aliphatic heterocycles. The summed E-state index contributed by atoms with van der Waals surface area (Å²) >= 11 is 3.49. The van der Waals surface area contributed by atoms with E-state index in [-0.39, 0.29) is 0 Å². The first kappa shape index (κ1) is 15.0. The van der Waals surface area contributed by atoms with Crippen LogP contribution in [0.1, 0.15) is 44.2 Å². The molecule has 3 unspecified atom stereocenters. The fraction of sp³-hybridized carbons (Fsp3) is 0.625. The quantitative estimate of drug-likeness (QED) is 0.908. The molecule has 106 valence electrons. The first-order chi connectivity index (χ1) is 9.13. The molecule has 0 bridgehead atoms. The van der Waals surface area contributed by atoms with Crippen LogP contribution in [0.2, 0.25) is 0 Å². The van der Waals surface area contributed by atoms with Gasteiger partial charge in [0.25, 0.3) is 0 Å². The molecule has 0 amide bonds. The van der Waals surface area contributed by atoms with Crippen LogP contribution >= 0.6 is 15.9 Å². The van der Waals surface area contributed by atoms with Gasteiger partial charge in [0.15, 0.2) is 0 Å². The van der Waals surface area contributed by atoms with Crippen LogP contribution < -0.4 is 5.73 Å². The van der Waals surface area contributed by atoms with E-state index in [1.54, 1.807) is 0 Å². The Morgan fingerprint density at radius 3 is 2.47 bits per heavy atom. The molecule has 2 nitrogen and oxygen atoms in total. The van der Waals surface area contributed by atoms with Gasteiger partial charge in [0.05, 0.1) is 0 Å². The van der Waals surface area contributed by atoms with Gasteiger partial charge in [0.2, 0.25) is 0 Å². The average molecular weight is 325 g/mol. The highest BCUT2D eigenvalue weighted by Crippen LogP contribution is 2.32. The molecule has 1 saturated carbocycles. The van der Waals surface area contributed by atoms with E-state index >= 15 is 0 Å². The van der Waals surface area contributed by atoms with Gasteiger partial charge >= 0.3 is 0 Å². The van der Waals surface area contributed by atoms with E-state index in [4.69, 9.17) is 5.73 Å². The molecule has 19 heavy (non-hydrogen) atoms. The maximum absolute atomic E-state index is 6.04. The van der Waals surface area contributed by atoms with Gasteiger partial charge < -0.3 is 5.73 Å². The highest BCUT2D eigenvalue weighted by atomic mass is 79.9. The van der Waals surface area contributed by atoms with Crippen molar-refractivity contribution in [1.82, 2.24) is 4.90 Å². The second kappa shape index (κ2) is 6.87. The van der Waals surface area contributed by atoms with E-state index in [2.05, 4.69) is 59.1 Å². The van der Waals surface area contributed by atoms with E-state index in [0.717, 1.165) is 10.4 Å². The standard InChI is InChI=1S/C16H25BrN2/c1-12-5-3-4-6-15(12)19(2)16(11-18)13-7-9-14(17)10-8-13/h7-10,12,15-16H,3-6,11,18H2,1-2H3. The van der Waals surface area contributed by atoms with Crippen LogP contribution in [0.15, 0.2) is 28.7 Å². The Balaban J connectivity index is 2.13. The van der Waals surface area contributed by atoms with Crippen LogP contribution in [0.3, 0.4) is 0 Å². The van der Waals surface area contributed by atoms with E-state index in [0.29, 0.717) is 18.6 Å². The molecule has 2 rings (SSSR count). The van der Waals surface area contributed by atoms with Gasteiger partial charge in [-0.1, -0.05) is 47.8 Å². The van der Waals surface area contributed by atoms with Crippen molar-refractivity contribution < 1.29 is 0 Å². The SMILES string of the molecule is CC1CCCCC1N(C)C(CN)c1ccc(Br)cc1. The smallest absolute Gasteiger partial charge is 0.0470 e. The number of nitrogens with zero attached hydrogens (tertiary/aromatic N) is 1. The molecule has 1 aliphatic rings. The lowest BCUT2D eigenvalue weighted by Crippen LogP contribution is -2.43. The first-order valence-corrected chi connectivity index (χ1v) is 8.10. The minimum absolute atomic E-state index is 0.332. The first-order valence-electron chi connectivity index (χ1n) is 7.31. The fourth-order valence-electron chi connectivity index (χ4n) is 3.36. The number of hydrogen-bond donors (Lipinski definition) is 1. The average Bonchev–Trinajstić information content (AvgIpc) is 2.42. The van der Waals surface area contributed by atoms with Gasteiger partial charge in [-0.05, 0) is 43.5 Å². The Bertz CT molecular complexity index is 390. The van der Waals surface area contributed by atoms with Crippen molar-refractivity contribution >= 4 is 15.9 Å².